The van der Waals surface area contributed by atoms with E-state index in [9.17, 15) is 4.79 Å². The van der Waals surface area contributed by atoms with Crippen molar-refractivity contribution < 1.29 is 9.53 Å². The quantitative estimate of drug-likeness (QED) is 0.736. The molecule has 0 atom stereocenters. The number of carbonyl (C=O) groups is 1. The van der Waals surface area contributed by atoms with Gasteiger partial charge in [-0.25, -0.2) is 4.98 Å². The number of fused-ring (bicyclic) bond motifs is 2. The number of pyridine rings is 1. The number of aromatic nitrogens is 2. The summed E-state index contributed by atoms with van der Waals surface area (Å²) in [5.74, 6) is 0.775. The van der Waals surface area contributed by atoms with Crippen molar-refractivity contribution in [3.8, 4) is 5.75 Å². The van der Waals surface area contributed by atoms with Crippen LogP contribution in [-0.4, -0.2) is 21.9 Å². The van der Waals surface area contributed by atoms with E-state index < -0.39 is 0 Å². The molecular formula is C21H22ClN3O2. The number of nitrogens with zero attached hydrogens (tertiary/aromatic N) is 2. The predicted octanol–water partition coefficient (Wildman–Crippen LogP) is 4.15. The number of ether oxygens (including phenoxy) is 1. The maximum Gasteiger partial charge on any atom is 0.270 e. The first kappa shape index (κ1) is 17.9. The van der Waals surface area contributed by atoms with Crippen molar-refractivity contribution in [2.75, 3.05) is 6.61 Å². The Morgan fingerprint density at radius 2 is 2.15 bits per heavy atom. The number of aryl methyl sites for hydroxylation is 1. The molecule has 140 valence electrons. The number of rotatable bonds is 4. The summed E-state index contributed by atoms with van der Waals surface area (Å²) in [7, 11) is 0. The van der Waals surface area contributed by atoms with Gasteiger partial charge in [0.25, 0.3) is 5.91 Å². The van der Waals surface area contributed by atoms with Gasteiger partial charge in [-0.1, -0.05) is 38.4 Å². The molecule has 1 aromatic carbocycles. The van der Waals surface area contributed by atoms with E-state index in [0.717, 1.165) is 22.7 Å². The molecule has 1 aliphatic rings. The van der Waals surface area contributed by atoms with Gasteiger partial charge < -0.3 is 10.1 Å². The average Bonchev–Trinajstić information content (AvgIpc) is 3.16. The van der Waals surface area contributed by atoms with Crippen molar-refractivity contribution in [3.63, 3.8) is 0 Å². The minimum absolute atomic E-state index is 0.0108. The number of benzene rings is 1. The van der Waals surface area contributed by atoms with Crippen LogP contribution in [-0.2, 0) is 18.4 Å². The highest BCUT2D eigenvalue weighted by Gasteiger charge is 2.31. The highest BCUT2D eigenvalue weighted by atomic mass is 35.5. The van der Waals surface area contributed by atoms with Gasteiger partial charge >= 0.3 is 0 Å². The SMILES string of the molecule is CCc1nc2ccc(Cl)cn2c1C(=O)NCc1ccc2c(c1)C(C)(C)CO2. The Morgan fingerprint density at radius 1 is 1.33 bits per heavy atom. The van der Waals surface area contributed by atoms with Crippen LogP contribution in [0.15, 0.2) is 36.5 Å². The van der Waals surface area contributed by atoms with Gasteiger partial charge in [0.05, 0.1) is 17.3 Å². The molecule has 1 amide bonds. The first-order chi connectivity index (χ1) is 12.9. The summed E-state index contributed by atoms with van der Waals surface area (Å²) in [4.78, 5) is 17.4. The molecule has 6 heteroatoms. The van der Waals surface area contributed by atoms with Crippen molar-refractivity contribution in [1.82, 2.24) is 14.7 Å². The molecule has 5 nitrogen and oxygen atoms in total. The fraction of sp³-hybridized carbons (Fsp3) is 0.333. The lowest BCUT2D eigenvalue weighted by Gasteiger charge is -2.16. The Kier molecular flexibility index (Phi) is 4.35. The third-order valence-corrected chi connectivity index (χ3v) is 5.24. The van der Waals surface area contributed by atoms with E-state index in [0.29, 0.717) is 30.3 Å². The number of hydrogen-bond acceptors (Lipinski definition) is 3. The van der Waals surface area contributed by atoms with Crippen LogP contribution in [0.2, 0.25) is 5.02 Å². The van der Waals surface area contributed by atoms with Gasteiger partial charge in [0.2, 0.25) is 0 Å². The molecule has 0 saturated heterocycles. The summed E-state index contributed by atoms with van der Waals surface area (Å²) in [6.45, 7) is 7.44. The zero-order valence-corrected chi connectivity index (χ0v) is 16.4. The average molecular weight is 384 g/mol. The Balaban J connectivity index is 1.59. The van der Waals surface area contributed by atoms with E-state index in [4.69, 9.17) is 16.3 Å². The number of amides is 1. The van der Waals surface area contributed by atoms with Crippen LogP contribution in [0, 0.1) is 0 Å². The molecule has 0 unspecified atom stereocenters. The van der Waals surface area contributed by atoms with Gasteiger partial charge in [-0.2, -0.15) is 0 Å². The lowest BCUT2D eigenvalue weighted by Crippen LogP contribution is -2.25. The monoisotopic (exact) mass is 383 g/mol. The molecular weight excluding hydrogens is 362 g/mol. The van der Waals surface area contributed by atoms with Crippen molar-refractivity contribution >= 4 is 23.2 Å². The zero-order valence-electron chi connectivity index (χ0n) is 15.7. The van der Waals surface area contributed by atoms with Gasteiger partial charge in [-0.15, -0.1) is 0 Å². The molecule has 1 N–H and O–H groups in total. The Morgan fingerprint density at radius 3 is 2.93 bits per heavy atom. The highest BCUT2D eigenvalue weighted by Crippen LogP contribution is 2.38. The molecule has 0 bridgehead atoms. The summed E-state index contributed by atoms with van der Waals surface area (Å²) >= 11 is 6.11. The lowest BCUT2D eigenvalue weighted by molar-refractivity contribution is 0.0944. The van der Waals surface area contributed by atoms with E-state index in [-0.39, 0.29) is 11.3 Å². The standard InChI is InChI=1S/C21H22ClN3O2/c1-4-16-19(25-11-14(22)6-8-18(25)24-16)20(26)23-10-13-5-7-17-15(9-13)21(2,3)12-27-17/h5-9,11H,4,10,12H2,1-3H3,(H,23,26). The second-order valence-electron chi connectivity index (χ2n) is 7.52. The minimum atomic E-state index is -0.155. The topological polar surface area (TPSA) is 55.6 Å². The van der Waals surface area contributed by atoms with E-state index in [1.165, 1.54) is 5.56 Å². The normalized spacial score (nSPS) is 14.8. The molecule has 0 spiro atoms. The number of carbonyl (C=O) groups excluding carboxylic acids is 1. The Bertz CT molecular complexity index is 1040. The summed E-state index contributed by atoms with van der Waals surface area (Å²) in [6, 6.07) is 9.69. The van der Waals surface area contributed by atoms with Crippen molar-refractivity contribution in [1.29, 1.82) is 0 Å². The number of halogens is 1. The van der Waals surface area contributed by atoms with Crippen LogP contribution in [0.4, 0.5) is 0 Å². The van der Waals surface area contributed by atoms with Crippen molar-refractivity contribution in [2.24, 2.45) is 0 Å². The maximum atomic E-state index is 12.9. The summed E-state index contributed by atoms with van der Waals surface area (Å²) in [6.07, 6.45) is 2.40. The number of hydrogen-bond donors (Lipinski definition) is 1. The maximum absolute atomic E-state index is 12.9. The van der Waals surface area contributed by atoms with Gasteiger partial charge in [0.1, 0.15) is 17.1 Å². The fourth-order valence-corrected chi connectivity index (χ4v) is 3.66. The van der Waals surface area contributed by atoms with Gasteiger partial charge in [0, 0.05) is 23.7 Å². The third-order valence-electron chi connectivity index (χ3n) is 5.02. The van der Waals surface area contributed by atoms with Crippen LogP contribution in [0.3, 0.4) is 0 Å². The molecule has 4 rings (SSSR count). The van der Waals surface area contributed by atoms with Crippen LogP contribution >= 0.6 is 11.6 Å². The Labute approximate surface area is 163 Å². The molecule has 0 radical (unpaired) electrons. The highest BCUT2D eigenvalue weighted by molar-refractivity contribution is 6.30. The third kappa shape index (κ3) is 3.16. The van der Waals surface area contributed by atoms with Crippen molar-refractivity contribution in [2.45, 2.75) is 39.2 Å². The molecule has 1 aliphatic heterocycles. The van der Waals surface area contributed by atoms with Gasteiger partial charge in [0.15, 0.2) is 0 Å². The lowest BCUT2D eigenvalue weighted by atomic mass is 9.86. The van der Waals surface area contributed by atoms with E-state index >= 15 is 0 Å². The first-order valence-electron chi connectivity index (χ1n) is 9.10. The van der Waals surface area contributed by atoms with Gasteiger partial charge in [-0.3, -0.25) is 9.20 Å². The van der Waals surface area contributed by atoms with Crippen LogP contribution in [0.1, 0.15) is 48.1 Å². The van der Waals surface area contributed by atoms with Crippen LogP contribution < -0.4 is 10.1 Å². The number of nitrogens with one attached hydrogen (secondary N) is 1. The Hall–Kier alpha value is -2.53. The largest absolute Gasteiger partial charge is 0.492 e. The van der Waals surface area contributed by atoms with E-state index in [1.54, 1.807) is 16.7 Å². The second-order valence-corrected chi connectivity index (χ2v) is 7.96. The fourth-order valence-electron chi connectivity index (χ4n) is 3.50. The zero-order chi connectivity index (χ0) is 19.2. The molecule has 0 saturated carbocycles. The summed E-state index contributed by atoms with van der Waals surface area (Å²) in [5.41, 5.74) is 4.25. The van der Waals surface area contributed by atoms with Crippen molar-refractivity contribution in [3.05, 3.63) is 64.1 Å². The molecule has 3 aromatic rings. The number of imidazole rings is 1. The molecule has 3 heterocycles. The van der Waals surface area contributed by atoms with E-state index in [1.807, 2.05) is 25.1 Å². The minimum Gasteiger partial charge on any atom is -0.492 e. The van der Waals surface area contributed by atoms with Crippen LogP contribution in [0.5, 0.6) is 5.75 Å². The predicted molar refractivity (Wildman–Crippen MR) is 106 cm³/mol. The molecule has 0 aliphatic carbocycles. The van der Waals surface area contributed by atoms with Crippen LogP contribution in [0.25, 0.3) is 5.65 Å². The van der Waals surface area contributed by atoms with E-state index in [2.05, 4.69) is 30.2 Å². The van der Waals surface area contributed by atoms with Gasteiger partial charge in [-0.05, 0) is 36.2 Å². The second kappa shape index (κ2) is 6.57. The first-order valence-corrected chi connectivity index (χ1v) is 9.48. The molecule has 27 heavy (non-hydrogen) atoms. The summed E-state index contributed by atoms with van der Waals surface area (Å²) in [5, 5.41) is 3.59. The molecule has 0 fully saturated rings. The smallest absolute Gasteiger partial charge is 0.270 e. The molecule has 2 aromatic heterocycles. The summed E-state index contributed by atoms with van der Waals surface area (Å²) < 4.78 is 7.49.